The first-order chi connectivity index (χ1) is 10.8. The Morgan fingerprint density at radius 3 is 2.48 bits per heavy atom. The van der Waals surface area contributed by atoms with E-state index in [1.807, 2.05) is 0 Å². The van der Waals surface area contributed by atoms with Crippen molar-refractivity contribution in [3.8, 4) is 0 Å². The van der Waals surface area contributed by atoms with Crippen molar-refractivity contribution in [1.29, 1.82) is 0 Å². The fourth-order valence-electron chi connectivity index (χ4n) is 3.19. The zero-order valence-corrected chi connectivity index (χ0v) is 12.4. The molecule has 2 nitrogen and oxygen atoms in total. The van der Waals surface area contributed by atoms with E-state index in [2.05, 4.69) is 0 Å². The van der Waals surface area contributed by atoms with Crippen LogP contribution in [0.2, 0.25) is 5.02 Å². The molecule has 0 saturated carbocycles. The van der Waals surface area contributed by atoms with E-state index >= 15 is 0 Å². The molecule has 2 aliphatic rings. The van der Waals surface area contributed by atoms with Gasteiger partial charge < -0.3 is 4.74 Å². The zero-order chi connectivity index (χ0) is 16.4. The highest BCUT2D eigenvalue weighted by atomic mass is 35.5. The molecule has 0 bridgehead atoms. The molecule has 1 aliphatic carbocycles. The number of hydrogen-bond donors (Lipinski definition) is 0. The van der Waals surface area contributed by atoms with Crippen molar-refractivity contribution in [2.75, 3.05) is 0 Å². The van der Waals surface area contributed by atoms with Gasteiger partial charge >= 0.3 is 6.18 Å². The predicted molar refractivity (Wildman–Crippen MR) is 77.5 cm³/mol. The summed E-state index contributed by atoms with van der Waals surface area (Å²) < 4.78 is 44.1. The number of carbonyl (C=O) groups is 1. The van der Waals surface area contributed by atoms with Crippen LogP contribution in [0.25, 0.3) is 0 Å². The van der Waals surface area contributed by atoms with E-state index in [0.717, 1.165) is 17.7 Å². The number of benzene rings is 2. The molecule has 1 aliphatic heterocycles. The molecule has 1 heterocycles. The first-order valence-corrected chi connectivity index (χ1v) is 7.37. The predicted octanol–water partition coefficient (Wildman–Crippen LogP) is 4.61. The molecule has 6 heteroatoms. The number of carbonyl (C=O) groups excluding carboxylic acids is 1. The molecule has 0 N–H and O–H groups in total. The quantitative estimate of drug-likeness (QED) is 0.711. The molecule has 23 heavy (non-hydrogen) atoms. The minimum Gasteiger partial charge on any atom is -0.352 e. The van der Waals surface area contributed by atoms with Crippen LogP contribution in [0.4, 0.5) is 13.2 Å². The van der Waals surface area contributed by atoms with Crippen LogP contribution in [0.5, 0.6) is 0 Å². The van der Waals surface area contributed by atoms with Crippen LogP contribution in [0.15, 0.2) is 42.5 Å². The normalized spacial score (nSPS) is 25.7. The van der Waals surface area contributed by atoms with Gasteiger partial charge in [0, 0.05) is 17.0 Å². The monoisotopic (exact) mass is 338 g/mol. The summed E-state index contributed by atoms with van der Waals surface area (Å²) in [4.78, 5) is 12.6. The number of fused-ring (bicyclic) bond motifs is 1. The lowest BCUT2D eigenvalue weighted by Crippen LogP contribution is -2.20. The molecule has 2 unspecified atom stereocenters. The van der Waals surface area contributed by atoms with Crippen LogP contribution in [-0.2, 0) is 17.3 Å². The van der Waals surface area contributed by atoms with Gasteiger partial charge in [-0.3, -0.25) is 4.79 Å². The minimum atomic E-state index is -4.42. The summed E-state index contributed by atoms with van der Waals surface area (Å²) in [5.41, 5.74) is -0.299. The largest absolute Gasteiger partial charge is 0.416 e. The van der Waals surface area contributed by atoms with Gasteiger partial charge in [-0.15, -0.1) is 0 Å². The van der Waals surface area contributed by atoms with E-state index in [1.165, 1.54) is 6.07 Å². The van der Waals surface area contributed by atoms with E-state index in [9.17, 15) is 18.0 Å². The summed E-state index contributed by atoms with van der Waals surface area (Å²) in [5, 5.41) is 0.569. The van der Waals surface area contributed by atoms with E-state index < -0.39 is 23.4 Å². The summed E-state index contributed by atoms with van der Waals surface area (Å²) in [6.45, 7) is 0. The summed E-state index contributed by atoms with van der Waals surface area (Å²) >= 11 is 5.84. The lowest BCUT2D eigenvalue weighted by molar-refractivity contribution is -0.137. The van der Waals surface area contributed by atoms with Crippen LogP contribution in [0.1, 0.15) is 33.2 Å². The maximum Gasteiger partial charge on any atom is 0.416 e. The first kappa shape index (κ1) is 14.7. The maximum absolute atomic E-state index is 12.8. The topological polar surface area (TPSA) is 29.6 Å². The lowest BCUT2D eigenvalue weighted by atomic mass is 9.96. The van der Waals surface area contributed by atoms with Crippen molar-refractivity contribution in [3.63, 3.8) is 0 Å². The molecule has 118 valence electrons. The fraction of sp³-hybridized carbons (Fsp3) is 0.235. The average Bonchev–Trinajstić information content (AvgIpc) is 3.14. The average molecular weight is 339 g/mol. The van der Waals surface area contributed by atoms with E-state index in [0.29, 0.717) is 16.1 Å². The van der Waals surface area contributed by atoms with E-state index in [1.54, 1.807) is 24.3 Å². The summed E-state index contributed by atoms with van der Waals surface area (Å²) in [6, 6.07) is 10.1. The molecule has 4 rings (SSSR count). The fourth-order valence-corrected chi connectivity index (χ4v) is 3.31. The number of hydrogen-bond acceptors (Lipinski definition) is 2. The number of Topliss-reactive ketones (excluding diaryl/α,β-unsaturated/α-hetero) is 1. The Morgan fingerprint density at radius 1 is 1.13 bits per heavy atom. The SMILES string of the molecule is O=C1c2ccc(C(F)(F)F)cc2CC12OC2c1ccc(Cl)cc1. The van der Waals surface area contributed by atoms with Crippen molar-refractivity contribution in [2.24, 2.45) is 0 Å². The third kappa shape index (κ3) is 2.18. The van der Waals surface area contributed by atoms with Gasteiger partial charge in [0.05, 0.1) is 5.56 Å². The Hall–Kier alpha value is -1.85. The standard InChI is InChI=1S/C17H10ClF3O2/c18-12-4-1-9(2-5-12)15-16(23-15)8-10-7-11(17(19,20)21)3-6-13(10)14(16)22/h1-7,15H,8H2. The highest BCUT2D eigenvalue weighted by Crippen LogP contribution is 2.57. The summed E-state index contributed by atoms with van der Waals surface area (Å²) in [6.07, 6.45) is -4.69. The smallest absolute Gasteiger partial charge is 0.352 e. The number of rotatable bonds is 1. The molecule has 1 spiro atoms. The second kappa shape index (κ2) is 4.58. The van der Waals surface area contributed by atoms with Crippen LogP contribution < -0.4 is 0 Å². The maximum atomic E-state index is 12.8. The molecule has 0 aromatic heterocycles. The molecule has 1 fully saturated rings. The Morgan fingerprint density at radius 2 is 1.83 bits per heavy atom. The lowest BCUT2D eigenvalue weighted by Gasteiger charge is -2.07. The van der Waals surface area contributed by atoms with Crippen molar-refractivity contribution in [1.82, 2.24) is 0 Å². The van der Waals surface area contributed by atoms with Crippen LogP contribution in [0.3, 0.4) is 0 Å². The number of halogens is 4. The van der Waals surface area contributed by atoms with E-state index in [4.69, 9.17) is 16.3 Å². The van der Waals surface area contributed by atoms with E-state index in [-0.39, 0.29) is 12.2 Å². The van der Waals surface area contributed by atoms with Gasteiger partial charge in [-0.2, -0.15) is 13.2 Å². The van der Waals surface area contributed by atoms with Gasteiger partial charge in [-0.05, 0) is 35.4 Å². The molecule has 2 aromatic carbocycles. The van der Waals surface area contributed by atoms with Gasteiger partial charge in [0.15, 0.2) is 11.4 Å². The van der Waals surface area contributed by atoms with Gasteiger partial charge in [0.2, 0.25) is 0 Å². The van der Waals surface area contributed by atoms with Crippen LogP contribution in [-0.4, -0.2) is 11.4 Å². The zero-order valence-electron chi connectivity index (χ0n) is 11.7. The Labute approximate surface area is 134 Å². The Kier molecular flexibility index (Phi) is 2.93. The second-order valence-electron chi connectivity index (χ2n) is 5.81. The highest BCUT2D eigenvalue weighted by Gasteiger charge is 2.66. The van der Waals surface area contributed by atoms with Crippen molar-refractivity contribution in [3.05, 3.63) is 69.7 Å². The first-order valence-electron chi connectivity index (χ1n) is 6.99. The molecule has 0 radical (unpaired) electrons. The number of ether oxygens (including phenoxy) is 1. The van der Waals surface area contributed by atoms with Gasteiger partial charge in [-0.25, -0.2) is 0 Å². The summed E-state index contributed by atoms with van der Waals surface area (Å²) in [5.74, 6) is -0.249. The Balaban J connectivity index is 1.67. The van der Waals surface area contributed by atoms with Gasteiger partial charge in [0.25, 0.3) is 0 Å². The third-order valence-corrected chi connectivity index (χ3v) is 4.63. The number of alkyl halides is 3. The number of ketones is 1. The van der Waals surface area contributed by atoms with Crippen molar-refractivity contribution >= 4 is 17.4 Å². The third-order valence-electron chi connectivity index (χ3n) is 4.38. The van der Waals surface area contributed by atoms with Gasteiger partial charge in [0.1, 0.15) is 6.10 Å². The molecular weight excluding hydrogens is 329 g/mol. The molecule has 0 amide bonds. The summed E-state index contributed by atoms with van der Waals surface area (Å²) in [7, 11) is 0. The minimum absolute atomic E-state index is 0.165. The second-order valence-corrected chi connectivity index (χ2v) is 6.25. The molecule has 2 aromatic rings. The molecular formula is C17H10ClF3O2. The van der Waals surface area contributed by atoms with Crippen LogP contribution >= 0.6 is 11.6 Å². The highest BCUT2D eigenvalue weighted by molar-refractivity contribution is 6.30. The van der Waals surface area contributed by atoms with Crippen LogP contribution in [0, 0.1) is 0 Å². The molecule has 2 atom stereocenters. The number of epoxide rings is 1. The van der Waals surface area contributed by atoms with Crippen molar-refractivity contribution < 1.29 is 22.7 Å². The molecule has 1 saturated heterocycles. The Bertz CT molecular complexity index is 814. The van der Waals surface area contributed by atoms with Crippen molar-refractivity contribution in [2.45, 2.75) is 24.3 Å². The van der Waals surface area contributed by atoms with Gasteiger partial charge in [-0.1, -0.05) is 29.8 Å².